The molecular weight excluding hydrogens is 466 g/mol. The molecule has 4 amide bonds. The normalized spacial score (nSPS) is 14.3. The van der Waals surface area contributed by atoms with Crippen LogP contribution in [0.25, 0.3) is 0 Å². The Morgan fingerprint density at radius 1 is 0.943 bits per heavy atom. The predicted octanol–water partition coefficient (Wildman–Crippen LogP) is -2.79. The maximum atomic E-state index is 12.9. The summed E-state index contributed by atoms with van der Waals surface area (Å²) in [6.07, 6.45) is 1.28. The Bertz CT molecular complexity index is 919. The number of primary amides is 1. The van der Waals surface area contributed by atoms with E-state index in [4.69, 9.17) is 16.6 Å². The maximum Gasteiger partial charge on any atom is 0.326 e. The number of aromatic amines is 1. The summed E-state index contributed by atoms with van der Waals surface area (Å²) in [5, 5.41) is 24.8. The molecule has 0 saturated heterocycles. The van der Waals surface area contributed by atoms with Crippen LogP contribution < -0.4 is 27.4 Å². The van der Waals surface area contributed by atoms with Gasteiger partial charge in [-0.15, -0.1) is 0 Å². The fraction of sp³-hybridized carbons (Fsp3) is 0.550. The number of aliphatic carboxylic acids is 2. The fourth-order valence-corrected chi connectivity index (χ4v) is 3.05. The number of nitrogens with zero attached hydrogens (tertiary/aromatic N) is 1. The van der Waals surface area contributed by atoms with Gasteiger partial charge < -0.3 is 42.6 Å². The maximum absolute atomic E-state index is 12.9. The molecule has 194 valence electrons. The first kappa shape index (κ1) is 29.0. The molecule has 35 heavy (non-hydrogen) atoms. The molecule has 15 heteroatoms. The lowest BCUT2D eigenvalue weighted by atomic mass is 10.0. The Labute approximate surface area is 200 Å². The summed E-state index contributed by atoms with van der Waals surface area (Å²) >= 11 is 0. The molecule has 0 aliphatic rings. The summed E-state index contributed by atoms with van der Waals surface area (Å²) in [5.74, 6) is -6.57. The molecule has 1 rings (SSSR count). The summed E-state index contributed by atoms with van der Waals surface area (Å²) in [6, 6.07) is -5.62. The van der Waals surface area contributed by atoms with Crippen LogP contribution >= 0.6 is 0 Å². The lowest BCUT2D eigenvalue weighted by Crippen LogP contribution is -2.58. The number of hydrogen-bond donors (Lipinski definition) is 8. The van der Waals surface area contributed by atoms with Crippen LogP contribution in [0, 0.1) is 5.92 Å². The molecule has 0 aromatic carbocycles. The van der Waals surface area contributed by atoms with Gasteiger partial charge in [-0.25, -0.2) is 9.78 Å². The van der Waals surface area contributed by atoms with Gasteiger partial charge >= 0.3 is 11.9 Å². The number of carboxylic acids is 2. The van der Waals surface area contributed by atoms with Crippen LogP contribution in [-0.4, -0.2) is 79.9 Å². The van der Waals surface area contributed by atoms with Crippen LogP contribution in [0.15, 0.2) is 12.5 Å². The van der Waals surface area contributed by atoms with E-state index in [2.05, 4.69) is 25.9 Å². The highest BCUT2D eigenvalue weighted by molar-refractivity contribution is 5.96. The molecular formula is C20H31N7O8. The number of amides is 4. The molecule has 0 bridgehead atoms. The van der Waals surface area contributed by atoms with Gasteiger partial charge in [-0.3, -0.25) is 24.0 Å². The van der Waals surface area contributed by atoms with E-state index in [0.29, 0.717) is 12.1 Å². The first-order chi connectivity index (χ1) is 16.3. The number of nitrogens with one attached hydrogen (secondary N) is 4. The van der Waals surface area contributed by atoms with E-state index in [-0.39, 0.29) is 12.3 Å². The summed E-state index contributed by atoms with van der Waals surface area (Å²) in [4.78, 5) is 78.3. The van der Waals surface area contributed by atoms with Crippen molar-refractivity contribution in [2.75, 3.05) is 0 Å². The molecule has 0 radical (unpaired) electrons. The first-order valence-corrected chi connectivity index (χ1v) is 10.7. The minimum Gasteiger partial charge on any atom is -0.481 e. The molecule has 0 saturated carbocycles. The van der Waals surface area contributed by atoms with E-state index in [0.717, 1.165) is 0 Å². The van der Waals surface area contributed by atoms with E-state index in [1.54, 1.807) is 0 Å². The molecule has 0 fully saturated rings. The summed E-state index contributed by atoms with van der Waals surface area (Å²) in [6.45, 7) is 3.68. The topological polar surface area (TPSA) is 260 Å². The van der Waals surface area contributed by atoms with Crippen LogP contribution in [0.2, 0.25) is 0 Å². The van der Waals surface area contributed by atoms with Crippen molar-refractivity contribution in [3.8, 4) is 0 Å². The molecule has 4 unspecified atom stereocenters. The fourth-order valence-electron chi connectivity index (χ4n) is 3.05. The van der Waals surface area contributed by atoms with Crippen LogP contribution in [0.3, 0.4) is 0 Å². The number of H-pyrrole nitrogens is 1. The van der Waals surface area contributed by atoms with E-state index < -0.39 is 72.6 Å². The predicted molar refractivity (Wildman–Crippen MR) is 119 cm³/mol. The highest BCUT2D eigenvalue weighted by atomic mass is 16.4. The van der Waals surface area contributed by atoms with Crippen molar-refractivity contribution in [3.63, 3.8) is 0 Å². The van der Waals surface area contributed by atoms with Crippen molar-refractivity contribution >= 4 is 35.6 Å². The smallest absolute Gasteiger partial charge is 0.326 e. The first-order valence-electron chi connectivity index (χ1n) is 10.7. The molecule has 10 N–H and O–H groups in total. The van der Waals surface area contributed by atoms with Gasteiger partial charge in [0, 0.05) is 18.3 Å². The molecule has 4 atom stereocenters. The Morgan fingerprint density at radius 3 is 2.00 bits per heavy atom. The zero-order valence-electron chi connectivity index (χ0n) is 19.3. The highest BCUT2D eigenvalue weighted by Gasteiger charge is 2.32. The Hall–Kier alpha value is -4.01. The van der Waals surface area contributed by atoms with Crippen molar-refractivity contribution in [1.29, 1.82) is 0 Å². The Balaban J connectivity index is 3.08. The number of imidazole rings is 1. The number of carbonyl (C=O) groups excluding carboxylic acids is 4. The van der Waals surface area contributed by atoms with Gasteiger partial charge in [0.05, 0.1) is 25.2 Å². The lowest BCUT2D eigenvalue weighted by molar-refractivity contribution is -0.147. The van der Waals surface area contributed by atoms with E-state index in [1.165, 1.54) is 12.5 Å². The molecule has 15 nitrogen and oxygen atoms in total. The second-order valence-electron chi connectivity index (χ2n) is 8.31. The molecule has 1 aromatic rings. The number of nitrogens with two attached hydrogens (primary N) is 2. The van der Waals surface area contributed by atoms with Crippen molar-refractivity contribution in [2.45, 2.75) is 63.7 Å². The van der Waals surface area contributed by atoms with Gasteiger partial charge in [0.2, 0.25) is 23.6 Å². The number of hydrogen-bond acceptors (Lipinski definition) is 8. The Morgan fingerprint density at radius 2 is 1.51 bits per heavy atom. The van der Waals surface area contributed by atoms with Crippen molar-refractivity contribution in [3.05, 3.63) is 18.2 Å². The summed E-state index contributed by atoms with van der Waals surface area (Å²) < 4.78 is 0. The number of rotatable bonds is 15. The monoisotopic (exact) mass is 497 g/mol. The van der Waals surface area contributed by atoms with Crippen molar-refractivity contribution < 1.29 is 39.0 Å². The SMILES string of the molecule is CC(C)CC(N)C(=O)NC(CC(N)=O)C(=O)NC(Cc1cnc[nH]1)C(=O)NC(CC(=O)O)C(=O)O. The second-order valence-corrected chi connectivity index (χ2v) is 8.31. The standard InChI is InChI=1S/C20H31N7O8/c1-9(2)3-11(21)17(31)25-13(5-15(22)28)19(33)26-12(4-10-7-23-8-24-10)18(32)27-14(20(34)35)6-16(29)30/h7-9,11-14H,3-6,21H2,1-2H3,(H2,22,28)(H,23,24)(H,25,31)(H,26,33)(H,27,32)(H,29,30)(H,34,35). The minimum absolute atomic E-state index is 0.0784. The molecule has 0 spiro atoms. The van der Waals surface area contributed by atoms with Gasteiger partial charge in [0.15, 0.2) is 0 Å². The highest BCUT2D eigenvalue weighted by Crippen LogP contribution is 2.06. The van der Waals surface area contributed by atoms with Gasteiger partial charge in [-0.05, 0) is 12.3 Å². The molecule has 1 heterocycles. The van der Waals surface area contributed by atoms with Crippen LogP contribution in [-0.2, 0) is 35.2 Å². The third-order valence-corrected chi connectivity index (χ3v) is 4.71. The van der Waals surface area contributed by atoms with Gasteiger partial charge in [0.1, 0.15) is 18.1 Å². The van der Waals surface area contributed by atoms with E-state index in [9.17, 15) is 33.9 Å². The lowest BCUT2D eigenvalue weighted by Gasteiger charge is -2.24. The van der Waals surface area contributed by atoms with Crippen LogP contribution in [0.1, 0.15) is 38.8 Å². The van der Waals surface area contributed by atoms with Gasteiger partial charge in [-0.1, -0.05) is 13.8 Å². The Kier molecular flexibility index (Phi) is 11.3. The van der Waals surface area contributed by atoms with Gasteiger partial charge in [-0.2, -0.15) is 0 Å². The molecule has 0 aliphatic heterocycles. The zero-order valence-corrected chi connectivity index (χ0v) is 19.3. The van der Waals surface area contributed by atoms with Crippen LogP contribution in [0.4, 0.5) is 0 Å². The number of aromatic nitrogens is 2. The second kappa shape index (κ2) is 13.6. The third-order valence-electron chi connectivity index (χ3n) is 4.71. The summed E-state index contributed by atoms with van der Waals surface area (Å²) in [5.41, 5.74) is 11.4. The molecule has 1 aromatic heterocycles. The number of carboxylic acid groups (broad SMARTS) is 2. The van der Waals surface area contributed by atoms with E-state index in [1.807, 2.05) is 13.8 Å². The third kappa shape index (κ3) is 10.6. The van der Waals surface area contributed by atoms with E-state index >= 15 is 0 Å². The number of carbonyl (C=O) groups is 6. The summed E-state index contributed by atoms with van der Waals surface area (Å²) in [7, 11) is 0. The zero-order chi connectivity index (χ0) is 26.7. The minimum atomic E-state index is -1.77. The quantitative estimate of drug-likeness (QED) is 0.123. The van der Waals surface area contributed by atoms with Crippen molar-refractivity contribution in [2.24, 2.45) is 17.4 Å². The largest absolute Gasteiger partial charge is 0.481 e. The van der Waals surface area contributed by atoms with Crippen LogP contribution in [0.5, 0.6) is 0 Å². The van der Waals surface area contributed by atoms with Gasteiger partial charge in [0.25, 0.3) is 0 Å². The molecule has 0 aliphatic carbocycles. The van der Waals surface area contributed by atoms with Crippen molar-refractivity contribution in [1.82, 2.24) is 25.9 Å². The average Bonchev–Trinajstić information content (AvgIpc) is 3.24. The average molecular weight is 498 g/mol.